The van der Waals surface area contributed by atoms with Crippen molar-refractivity contribution in [3.8, 4) is 0 Å². The van der Waals surface area contributed by atoms with Gasteiger partial charge in [0.15, 0.2) is 0 Å². The molecule has 2 saturated carbocycles. The first kappa shape index (κ1) is 30.2. The molecule has 8 nitrogen and oxygen atoms in total. The minimum absolute atomic E-state index is 0.0783. The van der Waals surface area contributed by atoms with E-state index in [0.29, 0.717) is 18.8 Å². The quantitative estimate of drug-likeness (QED) is 0.470. The van der Waals surface area contributed by atoms with Crippen LogP contribution >= 0.6 is 0 Å². The molecule has 0 atom stereocenters. The van der Waals surface area contributed by atoms with E-state index in [2.05, 4.69) is 42.0 Å². The Bertz CT molecular complexity index is 896. The van der Waals surface area contributed by atoms with Crippen molar-refractivity contribution in [3.63, 3.8) is 0 Å². The zero-order valence-corrected chi connectivity index (χ0v) is 25.2. The second kappa shape index (κ2) is 14.2. The minimum Gasteiger partial charge on any atom is -0.384 e. The number of hydrogen-bond acceptors (Lipinski definition) is 7. The van der Waals surface area contributed by atoms with Gasteiger partial charge in [-0.15, -0.1) is 0 Å². The fraction of sp³-hybridized carbons (Fsp3) is 0.839. The van der Waals surface area contributed by atoms with E-state index < -0.39 is 0 Å². The lowest BCUT2D eigenvalue weighted by Gasteiger charge is -2.37. The summed E-state index contributed by atoms with van der Waals surface area (Å²) in [5.74, 6) is 3.24. The molecule has 0 aromatic carbocycles. The maximum atomic E-state index is 12.8. The van der Waals surface area contributed by atoms with Crippen LogP contribution in [0.3, 0.4) is 0 Å². The van der Waals surface area contributed by atoms with Crippen molar-refractivity contribution in [2.24, 2.45) is 11.8 Å². The number of piperazine rings is 1. The predicted molar refractivity (Wildman–Crippen MR) is 156 cm³/mol. The van der Waals surface area contributed by atoms with Crippen LogP contribution in [0.15, 0.2) is 6.07 Å². The van der Waals surface area contributed by atoms with Crippen LogP contribution in [0.2, 0.25) is 0 Å². The molecule has 1 N–H and O–H groups in total. The van der Waals surface area contributed by atoms with E-state index >= 15 is 0 Å². The Labute approximate surface area is 236 Å². The van der Waals surface area contributed by atoms with E-state index in [1.807, 2.05) is 0 Å². The predicted octanol–water partition coefficient (Wildman–Crippen LogP) is 4.36. The number of anilines is 1. The van der Waals surface area contributed by atoms with Gasteiger partial charge in [-0.2, -0.15) is 0 Å². The molecule has 2 heterocycles. The molecule has 0 unspecified atom stereocenters. The summed E-state index contributed by atoms with van der Waals surface area (Å²) in [5.41, 5.74) is 0.991. The van der Waals surface area contributed by atoms with Crippen LogP contribution in [0.4, 0.5) is 5.82 Å². The van der Waals surface area contributed by atoms with Gasteiger partial charge >= 0.3 is 0 Å². The van der Waals surface area contributed by atoms with Gasteiger partial charge in [0.05, 0.1) is 12.7 Å². The molecule has 1 saturated heterocycles. The summed E-state index contributed by atoms with van der Waals surface area (Å²) < 4.78 is 10.8. The lowest BCUT2D eigenvalue weighted by molar-refractivity contribution is -0.127. The fourth-order valence-electron chi connectivity index (χ4n) is 6.36. The van der Waals surface area contributed by atoms with E-state index in [1.54, 1.807) is 14.2 Å². The highest BCUT2D eigenvalue weighted by Gasteiger charge is 2.30. The fourth-order valence-corrected chi connectivity index (χ4v) is 6.36. The molecule has 4 rings (SSSR count). The Kier molecular flexibility index (Phi) is 11.0. The number of nitrogens with zero attached hydrogens (tertiary/aromatic N) is 4. The van der Waals surface area contributed by atoms with Crippen molar-refractivity contribution in [1.82, 2.24) is 20.2 Å². The first-order valence-corrected chi connectivity index (χ1v) is 15.4. The van der Waals surface area contributed by atoms with E-state index in [1.165, 1.54) is 25.8 Å². The molecule has 220 valence electrons. The van der Waals surface area contributed by atoms with Crippen LogP contribution in [0.1, 0.15) is 90.1 Å². The Balaban J connectivity index is 1.17. The van der Waals surface area contributed by atoms with Gasteiger partial charge in [0.2, 0.25) is 5.91 Å². The van der Waals surface area contributed by atoms with Gasteiger partial charge < -0.3 is 19.7 Å². The molecular formula is C31H53N5O3. The topological polar surface area (TPSA) is 79.8 Å². The number of nitrogens with one attached hydrogen (secondary N) is 1. The zero-order chi connectivity index (χ0) is 27.8. The number of amides is 1. The van der Waals surface area contributed by atoms with Gasteiger partial charge in [-0.05, 0) is 70.3 Å². The Hall–Kier alpha value is -1.77. The molecule has 8 heteroatoms. The molecule has 0 radical (unpaired) electrons. The second-order valence-electron chi connectivity index (χ2n) is 13.1. The highest BCUT2D eigenvalue weighted by molar-refractivity contribution is 5.79. The highest BCUT2D eigenvalue weighted by Crippen LogP contribution is 2.30. The summed E-state index contributed by atoms with van der Waals surface area (Å²) in [5, 5.41) is 3.38. The van der Waals surface area contributed by atoms with Gasteiger partial charge in [0.1, 0.15) is 11.6 Å². The summed E-state index contributed by atoms with van der Waals surface area (Å²) in [7, 11) is 3.53. The molecule has 1 aliphatic heterocycles. The van der Waals surface area contributed by atoms with Crippen molar-refractivity contribution in [2.75, 3.05) is 58.5 Å². The molecule has 39 heavy (non-hydrogen) atoms. The average Bonchev–Trinajstić information content (AvgIpc) is 2.95. The number of carbonyl (C=O) groups excluding carboxylic acids is 1. The Morgan fingerprint density at radius 2 is 1.67 bits per heavy atom. The van der Waals surface area contributed by atoms with Crippen LogP contribution in [0.25, 0.3) is 0 Å². The normalized spacial score (nSPS) is 26.9. The third kappa shape index (κ3) is 8.86. The molecule has 2 aliphatic carbocycles. The first-order valence-electron chi connectivity index (χ1n) is 15.4. The van der Waals surface area contributed by atoms with Crippen LogP contribution in [-0.2, 0) is 26.1 Å². The van der Waals surface area contributed by atoms with Crippen molar-refractivity contribution in [1.29, 1.82) is 0 Å². The van der Waals surface area contributed by atoms with E-state index in [-0.39, 0.29) is 17.2 Å². The van der Waals surface area contributed by atoms with Crippen molar-refractivity contribution in [2.45, 2.75) is 103 Å². The summed E-state index contributed by atoms with van der Waals surface area (Å²) in [6, 6.07) is 2.53. The Morgan fingerprint density at radius 1 is 0.974 bits per heavy atom. The lowest BCUT2D eigenvalue weighted by atomic mass is 9.83. The smallest absolute Gasteiger partial charge is 0.223 e. The van der Waals surface area contributed by atoms with Gasteiger partial charge in [-0.25, -0.2) is 9.97 Å². The summed E-state index contributed by atoms with van der Waals surface area (Å²) in [6.07, 6.45) is 11.1. The van der Waals surface area contributed by atoms with Gasteiger partial charge in [0, 0.05) is 76.0 Å². The lowest BCUT2D eigenvalue weighted by Crippen LogP contribution is -2.47. The highest BCUT2D eigenvalue weighted by atomic mass is 16.5. The number of carbonyl (C=O) groups is 1. The summed E-state index contributed by atoms with van der Waals surface area (Å²) in [4.78, 5) is 27.6. The second-order valence-corrected chi connectivity index (χ2v) is 13.1. The minimum atomic E-state index is -0.0783. The molecule has 1 aromatic rings. The number of aromatic nitrogens is 2. The van der Waals surface area contributed by atoms with Crippen LogP contribution in [-0.4, -0.2) is 86.5 Å². The third-order valence-electron chi connectivity index (χ3n) is 9.12. The standard InChI is InChI=1S/C31H53N5O3/c1-31(2,3)30-33-26(15-21-38-4)22-28(34-30)36-19-17-35(18-20-36)16-14-23-6-10-25(11-7-23)32-29(37)24-8-12-27(39-5)13-9-24/h22-25,27H,6-21H2,1-5H3,(H,32,37)/t23-,24-,25-,27+. The van der Waals surface area contributed by atoms with E-state index in [9.17, 15) is 4.79 Å². The molecule has 3 aliphatic rings. The number of hydrogen-bond donors (Lipinski definition) is 1. The van der Waals surface area contributed by atoms with E-state index in [0.717, 1.165) is 94.4 Å². The summed E-state index contributed by atoms with van der Waals surface area (Å²) >= 11 is 0. The van der Waals surface area contributed by atoms with Crippen molar-refractivity contribution < 1.29 is 14.3 Å². The van der Waals surface area contributed by atoms with Gasteiger partial charge in [-0.1, -0.05) is 20.8 Å². The average molecular weight is 544 g/mol. The molecule has 0 bridgehead atoms. The molecule has 0 spiro atoms. The third-order valence-corrected chi connectivity index (χ3v) is 9.12. The maximum absolute atomic E-state index is 12.8. The molecule has 1 amide bonds. The number of methoxy groups -OCH3 is 2. The Morgan fingerprint density at radius 3 is 2.28 bits per heavy atom. The largest absolute Gasteiger partial charge is 0.384 e. The van der Waals surface area contributed by atoms with Crippen LogP contribution in [0, 0.1) is 11.8 Å². The SMILES string of the molecule is COCCc1cc(N2CCN(CC[C@H]3CC[C@H](NC(=O)[C@H]4CC[C@@H](OC)CC4)CC3)CC2)nc(C(C)(C)C)n1. The number of ether oxygens (including phenoxy) is 2. The maximum Gasteiger partial charge on any atom is 0.223 e. The first-order chi connectivity index (χ1) is 18.7. The number of rotatable bonds is 10. The zero-order valence-electron chi connectivity index (χ0n) is 25.2. The summed E-state index contributed by atoms with van der Waals surface area (Å²) in [6.45, 7) is 12.6. The van der Waals surface area contributed by atoms with Crippen molar-refractivity contribution >= 4 is 11.7 Å². The van der Waals surface area contributed by atoms with Crippen molar-refractivity contribution in [3.05, 3.63) is 17.6 Å². The monoisotopic (exact) mass is 543 g/mol. The molecule has 1 aromatic heterocycles. The van der Waals surface area contributed by atoms with Gasteiger partial charge in [-0.3, -0.25) is 9.69 Å². The molecule has 3 fully saturated rings. The van der Waals surface area contributed by atoms with Crippen LogP contribution in [0.5, 0.6) is 0 Å². The van der Waals surface area contributed by atoms with Crippen LogP contribution < -0.4 is 10.2 Å². The molecular weight excluding hydrogens is 490 g/mol. The van der Waals surface area contributed by atoms with E-state index in [4.69, 9.17) is 19.4 Å². The van der Waals surface area contributed by atoms with Gasteiger partial charge in [0.25, 0.3) is 0 Å².